The van der Waals surface area contributed by atoms with Crippen molar-refractivity contribution >= 4 is 12.0 Å². The van der Waals surface area contributed by atoms with Crippen molar-refractivity contribution in [3.8, 4) is 0 Å². The van der Waals surface area contributed by atoms with E-state index in [9.17, 15) is 9.59 Å². The summed E-state index contributed by atoms with van der Waals surface area (Å²) in [6.07, 6.45) is 1.61. The smallest absolute Gasteiger partial charge is 0.326 e. The fourth-order valence-corrected chi connectivity index (χ4v) is 1.48. The van der Waals surface area contributed by atoms with E-state index in [-0.39, 0.29) is 5.92 Å². The molecule has 0 aliphatic rings. The lowest BCUT2D eigenvalue weighted by Crippen LogP contribution is -2.48. The van der Waals surface area contributed by atoms with E-state index in [1.165, 1.54) is 0 Å². The molecular formula is C13H26N2O5. The van der Waals surface area contributed by atoms with Gasteiger partial charge in [0.1, 0.15) is 6.04 Å². The second-order valence-corrected chi connectivity index (χ2v) is 4.77. The molecule has 0 aromatic heterocycles. The highest BCUT2D eigenvalue weighted by Gasteiger charge is 2.22. The van der Waals surface area contributed by atoms with Crippen LogP contribution in [0.3, 0.4) is 0 Å². The minimum absolute atomic E-state index is 0.160. The van der Waals surface area contributed by atoms with Crippen molar-refractivity contribution in [1.29, 1.82) is 0 Å². The topological polar surface area (TPSA) is 96.9 Å². The van der Waals surface area contributed by atoms with Crippen LogP contribution in [-0.4, -0.2) is 56.6 Å². The molecule has 118 valence electrons. The molecular weight excluding hydrogens is 264 g/mol. The Kier molecular flexibility index (Phi) is 10.7. The maximum Gasteiger partial charge on any atom is 0.326 e. The maximum atomic E-state index is 11.5. The molecule has 0 saturated heterocycles. The van der Waals surface area contributed by atoms with E-state index in [4.69, 9.17) is 14.6 Å². The fourth-order valence-electron chi connectivity index (χ4n) is 1.48. The third-order valence-corrected chi connectivity index (χ3v) is 2.65. The average molecular weight is 290 g/mol. The fraction of sp³-hybridized carbons (Fsp3) is 0.846. The van der Waals surface area contributed by atoms with Crippen molar-refractivity contribution in [1.82, 2.24) is 10.6 Å². The molecule has 7 nitrogen and oxygen atoms in total. The number of unbranched alkanes of at least 4 members (excludes halogenated alkanes) is 1. The van der Waals surface area contributed by atoms with Crippen molar-refractivity contribution in [2.45, 2.75) is 32.7 Å². The zero-order valence-corrected chi connectivity index (χ0v) is 12.5. The summed E-state index contributed by atoms with van der Waals surface area (Å²) >= 11 is 0. The number of carboxylic acid groups (broad SMARTS) is 1. The Bertz CT molecular complexity index is 284. The number of carboxylic acids is 1. The van der Waals surface area contributed by atoms with E-state index in [2.05, 4.69) is 10.6 Å². The number of methoxy groups -OCH3 is 1. The minimum Gasteiger partial charge on any atom is -0.480 e. The molecule has 7 heteroatoms. The van der Waals surface area contributed by atoms with Gasteiger partial charge in [0.15, 0.2) is 0 Å². The third-order valence-electron chi connectivity index (χ3n) is 2.65. The largest absolute Gasteiger partial charge is 0.480 e. The number of hydrogen-bond donors (Lipinski definition) is 3. The van der Waals surface area contributed by atoms with E-state index in [0.29, 0.717) is 26.4 Å². The molecule has 0 radical (unpaired) electrons. The van der Waals surface area contributed by atoms with Gasteiger partial charge in [-0.05, 0) is 18.8 Å². The van der Waals surface area contributed by atoms with Gasteiger partial charge in [0, 0.05) is 20.3 Å². The van der Waals surface area contributed by atoms with Crippen LogP contribution in [0.1, 0.15) is 26.7 Å². The highest BCUT2D eigenvalue weighted by atomic mass is 16.5. The molecule has 0 saturated carbocycles. The number of carbonyl (C=O) groups is 2. The molecule has 0 aromatic rings. The molecule has 0 spiro atoms. The Hall–Kier alpha value is -1.34. The molecule has 0 aliphatic carbocycles. The van der Waals surface area contributed by atoms with Gasteiger partial charge in [0.25, 0.3) is 0 Å². The van der Waals surface area contributed by atoms with Crippen LogP contribution in [0.4, 0.5) is 4.79 Å². The SMILES string of the molecule is COCCOCCCCNC(=O)N[C@@H](C(=O)O)C(C)C. The van der Waals surface area contributed by atoms with Gasteiger partial charge < -0.3 is 25.2 Å². The summed E-state index contributed by atoms with van der Waals surface area (Å²) in [5.41, 5.74) is 0. The number of amides is 2. The second kappa shape index (κ2) is 11.5. The number of nitrogens with one attached hydrogen (secondary N) is 2. The Morgan fingerprint density at radius 3 is 2.40 bits per heavy atom. The van der Waals surface area contributed by atoms with Gasteiger partial charge in [-0.1, -0.05) is 13.8 Å². The molecule has 0 bridgehead atoms. The molecule has 0 unspecified atom stereocenters. The zero-order valence-electron chi connectivity index (χ0n) is 12.5. The Balaban J connectivity index is 3.60. The monoisotopic (exact) mass is 290 g/mol. The minimum atomic E-state index is -1.03. The van der Waals surface area contributed by atoms with Gasteiger partial charge in [-0.25, -0.2) is 9.59 Å². The first-order valence-electron chi connectivity index (χ1n) is 6.83. The van der Waals surface area contributed by atoms with Gasteiger partial charge in [-0.15, -0.1) is 0 Å². The highest BCUT2D eigenvalue weighted by molar-refractivity contribution is 5.82. The lowest BCUT2D eigenvalue weighted by molar-refractivity contribution is -0.140. The van der Waals surface area contributed by atoms with Gasteiger partial charge in [0.2, 0.25) is 0 Å². The summed E-state index contributed by atoms with van der Waals surface area (Å²) in [5, 5.41) is 14.0. The van der Waals surface area contributed by atoms with E-state index >= 15 is 0 Å². The first kappa shape index (κ1) is 18.7. The number of aliphatic carboxylic acids is 1. The van der Waals surface area contributed by atoms with Crippen LogP contribution in [0.15, 0.2) is 0 Å². The standard InChI is InChI=1S/C13H26N2O5/c1-10(2)11(12(16)17)15-13(18)14-6-4-5-7-20-9-8-19-3/h10-11H,4-9H2,1-3H3,(H,16,17)(H2,14,15,18)/t11-/m1/s1. The molecule has 3 N–H and O–H groups in total. The van der Waals surface area contributed by atoms with Crippen LogP contribution >= 0.6 is 0 Å². The average Bonchev–Trinajstić information content (AvgIpc) is 2.38. The van der Waals surface area contributed by atoms with Crippen molar-refractivity contribution in [3.05, 3.63) is 0 Å². The van der Waals surface area contributed by atoms with Crippen LogP contribution in [0.5, 0.6) is 0 Å². The van der Waals surface area contributed by atoms with Gasteiger partial charge >= 0.3 is 12.0 Å². The lowest BCUT2D eigenvalue weighted by atomic mass is 10.1. The van der Waals surface area contributed by atoms with Gasteiger partial charge in [-0.3, -0.25) is 0 Å². The van der Waals surface area contributed by atoms with Crippen molar-refractivity contribution in [3.63, 3.8) is 0 Å². The Morgan fingerprint density at radius 1 is 1.15 bits per heavy atom. The van der Waals surface area contributed by atoms with Gasteiger partial charge in [0.05, 0.1) is 13.2 Å². The molecule has 20 heavy (non-hydrogen) atoms. The first-order chi connectivity index (χ1) is 9.49. The summed E-state index contributed by atoms with van der Waals surface area (Å²) in [5.74, 6) is -1.19. The predicted molar refractivity (Wildman–Crippen MR) is 74.7 cm³/mol. The molecule has 0 rings (SSSR count). The summed E-state index contributed by atoms with van der Waals surface area (Å²) < 4.78 is 10.1. The molecule has 1 atom stereocenters. The molecule has 0 aromatic carbocycles. The third kappa shape index (κ3) is 9.57. The van der Waals surface area contributed by atoms with Gasteiger partial charge in [-0.2, -0.15) is 0 Å². The number of urea groups is 1. The lowest BCUT2D eigenvalue weighted by Gasteiger charge is -2.18. The van der Waals surface area contributed by atoms with Crippen molar-refractivity contribution in [2.24, 2.45) is 5.92 Å². The summed E-state index contributed by atoms with van der Waals surface area (Å²) in [6, 6.07) is -1.32. The number of hydrogen-bond acceptors (Lipinski definition) is 4. The summed E-state index contributed by atoms with van der Waals surface area (Å²) in [7, 11) is 1.62. The van der Waals surface area contributed by atoms with Crippen molar-refractivity contribution < 1.29 is 24.2 Å². The van der Waals surface area contributed by atoms with E-state index in [1.807, 2.05) is 0 Å². The van der Waals surface area contributed by atoms with Crippen LogP contribution in [-0.2, 0) is 14.3 Å². The predicted octanol–water partition coefficient (Wildman–Crippen LogP) is 0.838. The zero-order chi connectivity index (χ0) is 15.4. The molecule has 2 amide bonds. The second-order valence-electron chi connectivity index (χ2n) is 4.77. The normalized spacial score (nSPS) is 12.2. The van der Waals surface area contributed by atoms with Crippen LogP contribution in [0.2, 0.25) is 0 Å². The number of rotatable bonds is 11. The summed E-state index contributed by atoms with van der Waals surface area (Å²) in [4.78, 5) is 22.4. The van der Waals surface area contributed by atoms with E-state index in [1.54, 1.807) is 21.0 Å². The van der Waals surface area contributed by atoms with Crippen molar-refractivity contribution in [2.75, 3.05) is 33.5 Å². The number of ether oxygens (including phenoxy) is 2. The quantitative estimate of drug-likeness (QED) is 0.490. The molecule has 0 fully saturated rings. The Labute approximate surface area is 120 Å². The van der Waals surface area contributed by atoms with Crippen LogP contribution in [0.25, 0.3) is 0 Å². The number of carbonyl (C=O) groups excluding carboxylic acids is 1. The van der Waals surface area contributed by atoms with Crippen LogP contribution in [0, 0.1) is 5.92 Å². The van der Waals surface area contributed by atoms with Crippen LogP contribution < -0.4 is 10.6 Å². The first-order valence-corrected chi connectivity index (χ1v) is 6.83. The van der Waals surface area contributed by atoms with E-state index in [0.717, 1.165) is 12.8 Å². The summed E-state index contributed by atoms with van der Waals surface area (Å²) in [6.45, 7) is 5.75. The Morgan fingerprint density at radius 2 is 1.85 bits per heavy atom. The molecule has 0 aliphatic heterocycles. The maximum absolute atomic E-state index is 11.5. The molecule has 0 heterocycles. The highest BCUT2D eigenvalue weighted by Crippen LogP contribution is 2.01. The van der Waals surface area contributed by atoms with E-state index < -0.39 is 18.0 Å².